The molecule has 0 atom stereocenters. The number of carbonyl (C=O) groups is 1. The molecule has 0 N–H and O–H groups in total. The zero-order valence-electron chi connectivity index (χ0n) is 14.8. The molecule has 0 spiro atoms. The SMILES string of the molecule is COc1ccc(-c2nn(CN3CCN(C(C)=O)CC3)c(=S)n2C)cc1. The number of methoxy groups -OCH3 is 1. The Morgan fingerprint density at radius 2 is 1.84 bits per heavy atom. The number of hydrogen-bond donors (Lipinski definition) is 0. The number of amides is 1. The van der Waals surface area contributed by atoms with Crippen LogP contribution in [0.5, 0.6) is 5.75 Å². The van der Waals surface area contributed by atoms with Gasteiger partial charge in [0, 0.05) is 45.7 Å². The van der Waals surface area contributed by atoms with E-state index in [1.54, 1.807) is 14.0 Å². The lowest BCUT2D eigenvalue weighted by molar-refractivity contribution is -0.130. The molecular weight excluding hydrogens is 338 g/mol. The second-order valence-electron chi connectivity index (χ2n) is 6.16. The third kappa shape index (κ3) is 3.74. The van der Waals surface area contributed by atoms with Gasteiger partial charge in [0.2, 0.25) is 5.91 Å². The van der Waals surface area contributed by atoms with Gasteiger partial charge in [0.05, 0.1) is 13.8 Å². The molecule has 1 aromatic carbocycles. The summed E-state index contributed by atoms with van der Waals surface area (Å²) in [5.74, 6) is 1.78. The average Bonchev–Trinajstić information content (AvgIpc) is 2.91. The fraction of sp³-hybridized carbons (Fsp3) is 0.471. The van der Waals surface area contributed by atoms with Crippen LogP contribution in [-0.4, -0.2) is 63.3 Å². The number of nitrogens with zero attached hydrogens (tertiary/aromatic N) is 5. The van der Waals surface area contributed by atoms with Crippen molar-refractivity contribution >= 4 is 18.1 Å². The highest BCUT2D eigenvalue weighted by molar-refractivity contribution is 7.71. The Kier molecular flexibility index (Phi) is 5.19. The molecule has 3 rings (SSSR count). The van der Waals surface area contributed by atoms with Crippen LogP contribution in [0.25, 0.3) is 11.4 Å². The van der Waals surface area contributed by atoms with Crippen LogP contribution < -0.4 is 4.74 Å². The van der Waals surface area contributed by atoms with Crippen molar-refractivity contribution < 1.29 is 9.53 Å². The van der Waals surface area contributed by atoms with Crippen molar-refractivity contribution in [1.82, 2.24) is 24.1 Å². The predicted molar refractivity (Wildman–Crippen MR) is 97.8 cm³/mol. The van der Waals surface area contributed by atoms with E-state index in [1.807, 2.05) is 45.5 Å². The number of hydrogen-bond acceptors (Lipinski definition) is 5. The van der Waals surface area contributed by atoms with E-state index in [-0.39, 0.29) is 5.91 Å². The number of benzene rings is 1. The van der Waals surface area contributed by atoms with Crippen molar-refractivity contribution in [2.75, 3.05) is 33.3 Å². The van der Waals surface area contributed by atoms with E-state index in [0.717, 1.165) is 43.3 Å². The van der Waals surface area contributed by atoms with Crippen molar-refractivity contribution in [2.45, 2.75) is 13.6 Å². The van der Waals surface area contributed by atoms with E-state index in [1.165, 1.54) is 0 Å². The van der Waals surface area contributed by atoms with Crippen molar-refractivity contribution in [3.63, 3.8) is 0 Å². The van der Waals surface area contributed by atoms with Gasteiger partial charge < -0.3 is 14.2 Å². The quantitative estimate of drug-likeness (QED) is 0.777. The average molecular weight is 361 g/mol. The molecule has 0 bridgehead atoms. The molecule has 0 saturated carbocycles. The van der Waals surface area contributed by atoms with Crippen LogP contribution in [0.15, 0.2) is 24.3 Å². The summed E-state index contributed by atoms with van der Waals surface area (Å²) in [5.41, 5.74) is 0.995. The summed E-state index contributed by atoms with van der Waals surface area (Å²) < 4.78 is 9.65. The van der Waals surface area contributed by atoms with Gasteiger partial charge in [-0.1, -0.05) is 0 Å². The highest BCUT2D eigenvalue weighted by Gasteiger charge is 2.20. The fourth-order valence-electron chi connectivity index (χ4n) is 2.97. The van der Waals surface area contributed by atoms with Crippen LogP contribution in [0.4, 0.5) is 0 Å². The van der Waals surface area contributed by atoms with Crippen molar-refractivity contribution in [2.24, 2.45) is 7.05 Å². The molecule has 0 radical (unpaired) electrons. The zero-order valence-corrected chi connectivity index (χ0v) is 15.6. The van der Waals surface area contributed by atoms with Gasteiger partial charge in [0.25, 0.3) is 0 Å². The minimum atomic E-state index is 0.135. The number of ether oxygens (including phenoxy) is 1. The molecule has 2 heterocycles. The summed E-state index contributed by atoms with van der Waals surface area (Å²) in [5, 5.41) is 4.70. The first-order chi connectivity index (χ1) is 12.0. The molecule has 7 nitrogen and oxygen atoms in total. The Hall–Kier alpha value is -2.19. The number of piperazine rings is 1. The monoisotopic (exact) mass is 361 g/mol. The Morgan fingerprint density at radius 1 is 1.20 bits per heavy atom. The lowest BCUT2D eigenvalue weighted by Crippen LogP contribution is -2.48. The molecule has 25 heavy (non-hydrogen) atoms. The lowest BCUT2D eigenvalue weighted by atomic mass is 10.2. The summed E-state index contributed by atoms with van der Waals surface area (Å²) >= 11 is 5.54. The Bertz CT molecular complexity index is 803. The van der Waals surface area contributed by atoms with Crippen molar-refractivity contribution in [3.05, 3.63) is 29.0 Å². The smallest absolute Gasteiger partial charge is 0.219 e. The molecule has 1 fully saturated rings. The van der Waals surface area contributed by atoms with Gasteiger partial charge in [-0.25, -0.2) is 4.68 Å². The van der Waals surface area contributed by atoms with Gasteiger partial charge in [0.1, 0.15) is 5.75 Å². The highest BCUT2D eigenvalue weighted by Crippen LogP contribution is 2.21. The maximum atomic E-state index is 11.4. The fourth-order valence-corrected chi connectivity index (χ4v) is 3.15. The van der Waals surface area contributed by atoms with Gasteiger partial charge in [-0.2, -0.15) is 5.10 Å². The minimum Gasteiger partial charge on any atom is -0.497 e. The van der Waals surface area contributed by atoms with Gasteiger partial charge in [0.15, 0.2) is 10.6 Å². The first kappa shape index (κ1) is 17.6. The van der Waals surface area contributed by atoms with Crippen molar-refractivity contribution in [3.8, 4) is 17.1 Å². The Morgan fingerprint density at radius 3 is 2.40 bits per heavy atom. The molecule has 1 saturated heterocycles. The third-order valence-corrected chi connectivity index (χ3v) is 5.03. The van der Waals surface area contributed by atoms with E-state index in [4.69, 9.17) is 22.1 Å². The molecule has 0 aliphatic carbocycles. The molecule has 0 unspecified atom stereocenters. The van der Waals surface area contributed by atoms with Crippen LogP contribution in [0.1, 0.15) is 6.92 Å². The third-order valence-electron chi connectivity index (χ3n) is 4.54. The van der Waals surface area contributed by atoms with Crippen LogP contribution >= 0.6 is 12.2 Å². The Labute approximate surface area is 152 Å². The largest absolute Gasteiger partial charge is 0.497 e. The molecular formula is C17H23N5O2S. The first-order valence-electron chi connectivity index (χ1n) is 8.25. The molecule has 1 aliphatic heterocycles. The van der Waals surface area contributed by atoms with Gasteiger partial charge in [-0.15, -0.1) is 0 Å². The molecule has 134 valence electrons. The van der Waals surface area contributed by atoms with E-state index in [0.29, 0.717) is 11.4 Å². The maximum absolute atomic E-state index is 11.4. The first-order valence-corrected chi connectivity index (χ1v) is 8.66. The van der Waals surface area contributed by atoms with Crippen LogP contribution in [-0.2, 0) is 18.5 Å². The normalized spacial score (nSPS) is 15.4. The van der Waals surface area contributed by atoms with Crippen LogP contribution in [0.2, 0.25) is 0 Å². The Balaban J connectivity index is 1.75. The minimum absolute atomic E-state index is 0.135. The van der Waals surface area contributed by atoms with Gasteiger partial charge in [-0.05, 0) is 36.5 Å². The summed E-state index contributed by atoms with van der Waals surface area (Å²) in [6, 6.07) is 7.79. The van der Waals surface area contributed by atoms with E-state index in [9.17, 15) is 4.79 Å². The van der Waals surface area contributed by atoms with E-state index >= 15 is 0 Å². The molecule has 8 heteroatoms. The van der Waals surface area contributed by atoms with Gasteiger partial charge in [-0.3, -0.25) is 9.69 Å². The number of rotatable bonds is 4. The molecule has 1 aromatic heterocycles. The summed E-state index contributed by atoms with van der Waals surface area (Å²) in [6.07, 6.45) is 0. The van der Waals surface area contributed by atoms with E-state index in [2.05, 4.69) is 4.90 Å². The summed E-state index contributed by atoms with van der Waals surface area (Å²) in [4.78, 5) is 15.6. The zero-order chi connectivity index (χ0) is 18.0. The summed E-state index contributed by atoms with van der Waals surface area (Å²) in [7, 11) is 3.58. The maximum Gasteiger partial charge on any atom is 0.219 e. The lowest BCUT2D eigenvalue weighted by Gasteiger charge is -2.33. The standard InChI is InChI=1S/C17H23N5O2S/c1-13(23)21-10-8-20(9-11-21)12-22-17(25)19(2)16(18-22)14-4-6-15(24-3)7-5-14/h4-7H,8-12H2,1-3H3. The molecule has 1 amide bonds. The molecule has 2 aromatic rings. The van der Waals surface area contributed by atoms with Crippen LogP contribution in [0.3, 0.4) is 0 Å². The van der Waals surface area contributed by atoms with Crippen LogP contribution in [0, 0.1) is 4.77 Å². The number of aromatic nitrogens is 3. The van der Waals surface area contributed by atoms with E-state index < -0.39 is 0 Å². The second-order valence-corrected chi connectivity index (χ2v) is 6.52. The second kappa shape index (κ2) is 7.37. The number of carbonyl (C=O) groups excluding carboxylic acids is 1. The highest BCUT2D eigenvalue weighted by atomic mass is 32.1. The van der Waals surface area contributed by atoms with Crippen molar-refractivity contribution in [1.29, 1.82) is 0 Å². The molecule has 1 aliphatic rings. The topological polar surface area (TPSA) is 55.5 Å². The predicted octanol–water partition coefficient (Wildman–Crippen LogP) is 1.75. The summed E-state index contributed by atoms with van der Waals surface area (Å²) in [6.45, 7) is 5.41. The van der Waals surface area contributed by atoms with Gasteiger partial charge >= 0.3 is 0 Å².